The fraction of sp³-hybridized carbons (Fsp3) is 0.257. The third-order valence-electron chi connectivity index (χ3n) is 7.22. The van der Waals surface area contributed by atoms with Crippen molar-refractivity contribution in [1.29, 1.82) is 0 Å². The fourth-order valence-electron chi connectivity index (χ4n) is 5.01. The number of nitrogens with zero attached hydrogens (tertiary/aromatic N) is 2. The van der Waals surface area contributed by atoms with Crippen LogP contribution in [0.25, 0.3) is 0 Å². The first kappa shape index (κ1) is 34.9. The van der Waals surface area contributed by atoms with E-state index in [1.54, 1.807) is 61.5 Å². The number of carbonyl (C=O) groups excluding carboxylic acids is 2. The van der Waals surface area contributed by atoms with Gasteiger partial charge in [-0.3, -0.25) is 13.9 Å². The lowest BCUT2D eigenvalue weighted by Gasteiger charge is -2.34. The molecule has 8 nitrogen and oxygen atoms in total. The number of benzene rings is 4. The number of rotatable bonds is 15. The highest BCUT2D eigenvalue weighted by atomic mass is 35.5. The fourth-order valence-corrected chi connectivity index (χ4v) is 7.05. The number of amides is 2. The minimum Gasteiger partial charge on any atom is -0.492 e. The summed E-state index contributed by atoms with van der Waals surface area (Å²) in [5.74, 6) is -0.602. The van der Waals surface area contributed by atoms with Gasteiger partial charge >= 0.3 is 0 Å². The van der Waals surface area contributed by atoms with E-state index in [9.17, 15) is 18.0 Å². The number of likely N-dealkylation sites (N-methyl/N-ethyl adjacent to an activating group) is 1. The normalized spacial score (nSPS) is 11.8. The molecule has 4 rings (SSSR count). The van der Waals surface area contributed by atoms with Crippen LogP contribution in [0, 0.1) is 0 Å². The van der Waals surface area contributed by atoms with Crippen LogP contribution in [-0.2, 0) is 32.6 Å². The molecule has 0 radical (unpaired) electrons. The molecule has 0 saturated heterocycles. The van der Waals surface area contributed by atoms with Crippen LogP contribution in [0.15, 0.2) is 113 Å². The molecular formula is C35H38ClN3O5S2. The van der Waals surface area contributed by atoms with Crippen molar-refractivity contribution >= 4 is 50.9 Å². The van der Waals surface area contributed by atoms with Crippen LogP contribution in [-0.4, -0.2) is 57.1 Å². The number of hydrogen-bond donors (Lipinski definition) is 1. The number of hydrogen-bond acceptors (Lipinski definition) is 6. The van der Waals surface area contributed by atoms with Crippen molar-refractivity contribution in [3.8, 4) is 5.75 Å². The number of sulfonamides is 1. The summed E-state index contributed by atoms with van der Waals surface area (Å²) in [5, 5.41) is 3.34. The average Bonchev–Trinajstić information content (AvgIpc) is 3.06. The number of thioether (sulfide) groups is 1. The maximum atomic E-state index is 14.6. The van der Waals surface area contributed by atoms with Crippen LogP contribution in [0.2, 0.25) is 5.02 Å². The van der Waals surface area contributed by atoms with E-state index < -0.39 is 28.5 Å². The predicted molar refractivity (Wildman–Crippen MR) is 185 cm³/mol. The summed E-state index contributed by atoms with van der Waals surface area (Å²) in [6.07, 6.45) is 2.12. The molecule has 242 valence electrons. The molecule has 0 aliphatic carbocycles. The van der Waals surface area contributed by atoms with Crippen LogP contribution in [0.1, 0.15) is 25.0 Å². The van der Waals surface area contributed by atoms with E-state index in [1.165, 1.54) is 28.8 Å². The molecule has 1 N–H and O–H groups in total. The quantitative estimate of drug-likeness (QED) is 0.146. The number of ether oxygens (including phenoxy) is 1. The van der Waals surface area contributed by atoms with Gasteiger partial charge in [0.1, 0.15) is 18.3 Å². The summed E-state index contributed by atoms with van der Waals surface area (Å²) in [7, 11) is -4.27. The molecule has 0 unspecified atom stereocenters. The van der Waals surface area contributed by atoms with Crippen LogP contribution in [0.3, 0.4) is 0 Å². The molecule has 0 heterocycles. The number of halogens is 1. The van der Waals surface area contributed by atoms with Gasteiger partial charge in [-0.25, -0.2) is 8.42 Å². The molecule has 46 heavy (non-hydrogen) atoms. The zero-order valence-electron chi connectivity index (χ0n) is 26.1. The Bertz CT molecular complexity index is 1720. The van der Waals surface area contributed by atoms with E-state index in [2.05, 4.69) is 5.32 Å². The maximum absolute atomic E-state index is 14.6. The summed E-state index contributed by atoms with van der Waals surface area (Å²) in [5.41, 5.74) is 1.76. The van der Waals surface area contributed by atoms with Crippen LogP contribution in [0.4, 0.5) is 5.69 Å². The van der Waals surface area contributed by atoms with E-state index in [0.717, 1.165) is 14.8 Å². The van der Waals surface area contributed by atoms with E-state index in [0.29, 0.717) is 29.5 Å². The summed E-state index contributed by atoms with van der Waals surface area (Å²) in [6.45, 7) is 3.70. The first-order valence-corrected chi connectivity index (χ1v) is 18.0. The summed E-state index contributed by atoms with van der Waals surface area (Å²) >= 11 is 7.80. The zero-order chi connectivity index (χ0) is 33.1. The third-order valence-corrected chi connectivity index (χ3v) is 9.98. The molecule has 0 aliphatic heterocycles. The summed E-state index contributed by atoms with van der Waals surface area (Å²) < 4.78 is 35.6. The Morgan fingerprint density at radius 1 is 0.891 bits per heavy atom. The van der Waals surface area contributed by atoms with Gasteiger partial charge in [-0.1, -0.05) is 66.2 Å². The Hall–Kier alpha value is -3.99. The van der Waals surface area contributed by atoms with Gasteiger partial charge in [0.25, 0.3) is 10.0 Å². The lowest BCUT2D eigenvalue weighted by molar-refractivity contribution is -0.140. The lowest BCUT2D eigenvalue weighted by Crippen LogP contribution is -2.53. The molecular weight excluding hydrogens is 642 g/mol. The number of carbonyl (C=O) groups is 2. The highest BCUT2D eigenvalue weighted by Gasteiger charge is 2.35. The first-order valence-electron chi connectivity index (χ1n) is 14.9. The molecule has 11 heteroatoms. The van der Waals surface area contributed by atoms with Crippen molar-refractivity contribution in [2.45, 2.75) is 42.6 Å². The van der Waals surface area contributed by atoms with Crippen molar-refractivity contribution in [3.63, 3.8) is 0 Å². The average molecular weight is 680 g/mol. The van der Waals surface area contributed by atoms with Crippen molar-refractivity contribution in [2.75, 3.05) is 30.3 Å². The maximum Gasteiger partial charge on any atom is 0.264 e. The van der Waals surface area contributed by atoms with Crippen molar-refractivity contribution in [2.24, 2.45) is 0 Å². The second-order valence-electron chi connectivity index (χ2n) is 10.3. The second kappa shape index (κ2) is 16.5. The van der Waals surface area contributed by atoms with Crippen molar-refractivity contribution in [3.05, 3.63) is 119 Å². The van der Waals surface area contributed by atoms with Gasteiger partial charge in [0.15, 0.2) is 0 Å². The van der Waals surface area contributed by atoms with Crippen molar-refractivity contribution in [1.82, 2.24) is 10.2 Å². The van der Waals surface area contributed by atoms with Crippen LogP contribution >= 0.6 is 23.4 Å². The Morgan fingerprint density at radius 3 is 2.22 bits per heavy atom. The molecule has 0 fully saturated rings. The van der Waals surface area contributed by atoms with Gasteiger partial charge < -0.3 is 15.0 Å². The van der Waals surface area contributed by atoms with Gasteiger partial charge in [0.05, 0.1) is 17.2 Å². The first-order chi connectivity index (χ1) is 22.2. The lowest BCUT2D eigenvalue weighted by atomic mass is 10.0. The predicted octanol–water partition coefficient (Wildman–Crippen LogP) is 6.43. The highest BCUT2D eigenvalue weighted by Crippen LogP contribution is 2.33. The largest absolute Gasteiger partial charge is 0.492 e. The smallest absolute Gasteiger partial charge is 0.264 e. The minimum absolute atomic E-state index is 0.0235. The Morgan fingerprint density at radius 2 is 1.57 bits per heavy atom. The van der Waals surface area contributed by atoms with Crippen molar-refractivity contribution < 1.29 is 22.7 Å². The Labute approximate surface area is 280 Å². The SMILES string of the molecule is CCNC(=O)[C@H](Cc1ccccc1)N(Cc1cccc(Cl)c1)C(=O)CN(c1ccccc1OCC)S(=O)(=O)c1ccc(SC)cc1. The number of anilines is 1. The molecule has 0 spiro atoms. The summed E-state index contributed by atoms with van der Waals surface area (Å²) in [6, 6.07) is 28.7. The molecule has 0 aliphatic rings. The number of nitrogens with one attached hydrogen (secondary N) is 1. The van der Waals surface area contributed by atoms with Crippen LogP contribution < -0.4 is 14.4 Å². The van der Waals surface area contributed by atoms with Gasteiger partial charge in [-0.2, -0.15) is 0 Å². The van der Waals surface area contributed by atoms with Gasteiger partial charge in [0, 0.05) is 29.4 Å². The van der Waals surface area contributed by atoms with E-state index >= 15 is 0 Å². The van der Waals surface area contributed by atoms with E-state index in [-0.39, 0.29) is 29.5 Å². The highest BCUT2D eigenvalue weighted by molar-refractivity contribution is 7.98. The molecule has 4 aromatic carbocycles. The monoisotopic (exact) mass is 679 g/mol. The summed E-state index contributed by atoms with van der Waals surface area (Å²) in [4.78, 5) is 30.6. The Kier molecular flexibility index (Phi) is 12.5. The molecule has 0 saturated carbocycles. The third kappa shape index (κ3) is 8.84. The molecule has 2 amide bonds. The van der Waals surface area contributed by atoms with E-state index in [1.807, 2.05) is 49.6 Å². The second-order valence-corrected chi connectivity index (χ2v) is 13.5. The van der Waals surface area contributed by atoms with E-state index in [4.69, 9.17) is 16.3 Å². The number of para-hydroxylation sites is 2. The minimum atomic E-state index is -4.27. The molecule has 0 aromatic heterocycles. The molecule has 4 aromatic rings. The van der Waals surface area contributed by atoms with Gasteiger partial charge in [-0.15, -0.1) is 11.8 Å². The molecule has 0 bridgehead atoms. The zero-order valence-corrected chi connectivity index (χ0v) is 28.4. The molecule has 1 atom stereocenters. The standard InChI is InChI=1S/C35H38ClN3O5S2/c1-4-37-35(41)32(23-26-12-7-6-8-13-26)38(24-27-14-11-15-28(36)22-27)34(40)25-39(31-16-9-10-17-33(31)44-5-2)46(42,43)30-20-18-29(45-3)19-21-30/h6-22,32H,4-5,23-25H2,1-3H3,(H,37,41)/t32-/m0/s1. The Balaban J connectivity index is 1.83. The van der Waals surface area contributed by atoms with Crippen LogP contribution in [0.5, 0.6) is 5.75 Å². The van der Waals surface area contributed by atoms with Gasteiger partial charge in [0.2, 0.25) is 11.8 Å². The topological polar surface area (TPSA) is 96.0 Å². The van der Waals surface area contributed by atoms with Gasteiger partial charge in [-0.05, 0) is 79.8 Å².